The third-order valence-corrected chi connectivity index (χ3v) is 5.09. The maximum absolute atomic E-state index is 12.4. The molecule has 2 aromatic heterocycles. The van der Waals surface area contributed by atoms with Crippen molar-refractivity contribution in [3.63, 3.8) is 0 Å². The topological polar surface area (TPSA) is 79.8 Å². The van der Waals surface area contributed by atoms with E-state index < -0.39 is 0 Å². The fourth-order valence-corrected chi connectivity index (χ4v) is 3.42. The first-order valence-electron chi connectivity index (χ1n) is 9.83. The van der Waals surface area contributed by atoms with Gasteiger partial charge in [0, 0.05) is 18.8 Å². The molecule has 4 rings (SSSR count). The van der Waals surface area contributed by atoms with Gasteiger partial charge in [-0.1, -0.05) is 19.1 Å². The summed E-state index contributed by atoms with van der Waals surface area (Å²) in [5.41, 5.74) is 5.52. The number of hydrogen-bond donors (Lipinski definition) is 0. The normalized spacial score (nSPS) is 11.1. The third kappa shape index (κ3) is 3.63. The van der Waals surface area contributed by atoms with Crippen LogP contribution in [-0.4, -0.2) is 29.6 Å². The molecule has 0 unspecified atom stereocenters. The molecule has 8 nitrogen and oxygen atoms in total. The molecule has 154 valence electrons. The second-order valence-electron chi connectivity index (χ2n) is 7.27. The molecule has 0 amide bonds. The Bertz CT molecular complexity index is 1250. The van der Waals surface area contributed by atoms with E-state index in [0.717, 1.165) is 40.1 Å². The highest BCUT2D eigenvalue weighted by molar-refractivity contribution is 5.47. The number of nitrogens with zero attached hydrogens (tertiary/aromatic N) is 6. The van der Waals surface area contributed by atoms with Gasteiger partial charge in [-0.15, -0.1) is 0 Å². The number of aromatic nitrogens is 6. The van der Waals surface area contributed by atoms with Crippen molar-refractivity contribution in [2.24, 2.45) is 7.05 Å². The van der Waals surface area contributed by atoms with E-state index in [1.165, 1.54) is 9.36 Å². The van der Waals surface area contributed by atoms with Crippen molar-refractivity contribution in [3.05, 3.63) is 81.5 Å². The molecule has 30 heavy (non-hydrogen) atoms. The second-order valence-corrected chi connectivity index (χ2v) is 7.27. The summed E-state index contributed by atoms with van der Waals surface area (Å²) in [5, 5.41) is 12.2. The van der Waals surface area contributed by atoms with E-state index in [2.05, 4.69) is 22.4 Å². The summed E-state index contributed by atoms with van der Waals surface area (Å²) >= 11 is 0. The molecule has 0 saturated carbocycles. The molecule has 0 bridgehead atoms. The van der Waals surface area contributed by atoms with Crippen LogP contribution in [0, 0.1) is 13.8 Å². The van der Waals surface area contributed by atoms with Gasteiger partial charge in [0.25, 0.3) is 0 Å². The van der Waals surface area contributed by atoms with Crippen LogP contribution < -0.4 is 10.4 Å². The Morgan fingerprint density at radius 2 is 1.93 bits per heavy atom. The molecular weight excluding hydrogens is 380 g/mol. The number of ether oxygens (including phenoxy) is 1. The van der Waals surface area contributed by atoms with Crippen LogP contribution >= 0.6 is 0 Å². The van der Waals surface area contributed by atoms with Gasteiger partial charge in [0.2, 0.25) is 0 Å². The monoisotopic (exact) mass is 404 g/mol. The number of benzene rings is 2. The molecule has 0 atom stereocenters. The molecule has 0 fully saturated rings. The Morgan fingerprint density at radius 1 is 1.10 bits per heavy atom. The molecule has 0 radical (unpaired) electrons. The molecule has 4 aromatic rings. The van der Waals surface area contributed by atoms with E-state index in [1.807, 2.05) is 67.3 Å². The fourth-order valence-electron chi connectivity index (χ4n) is 3.42. The number of rotatable bonds is 6. The Morgan fingerprint density at radius 3 is 2.57 bits per heavy atom. The lowest BCUT2D eigenvalue weighted by atomic mass is 10.0. The minimum Gasteiger partial charge on any atom is -0.489 e. The lowest BCUT2D eigenvalue weighted by Crippen LogP contribution is -2.23. The van der Waals surface area contributed by atoms with Gasteiger partial charge in [-0.05, 0) is 71.7 Å². The van der Waals surface area contributed by atoms with Crippen molar-refractivity contribution in [1.29, 1.82) is 0 Å². The van der Waals surface area contributed by atoms with Crippen molar-refractivity contribution >= 4 is 0 Å². The molecule has 0 aliphatic rings. The summed E-state index contributed by atoms with van der Waals surface area (Å²) in [6.45, 7) is 6.42. The molecule has 2 aromatic carbocycles. The smallest absolute Gasteiger partial charge is 0.368 e. The van der Waals surface area contributed by atoms with E-state index in [1.54, 1.807) is 7.05 Å². The zero-order chi connectivity index (χ0) is 21.3. The molecule has 0 saturated heterocycles. The van der Waals surface area contributed by atoms with Gasteiger partial charge in [0.15, 0.2) is 0 Å². The summed E-state index contributed by atoms with van der Waals surface area (Å²) in [5.74, 6) is 0.783. The minimum absolute atomic E-state index is 0.292. The van der Waals surface area contributed by atoms with E-state index >= 15 is 0 Å². The van der Waals surface area contributed by atoms with Gasteiger partial charge >= 0.3 is 5.69 Å². The molecule has 0 aliphatic carbocycles. The van der Waals surface area contributed by atoms with Gasteiger partial charge in [-0.2, -0.15) is 14.5 Å². The Labute approximate surface area is 174 Å². The maximum Gasteiger partial charge on any atom is 0.368 e. The van der Waals surface area contributed by atoms with E-state index in [4.69, 9.17) is 4.74 Å². The number of aryl methyl sites for hydroxylation is 4. The molecule has 0 spiro atoms. The first kappa shape index (κ1) is 19.6. The van der Waals surface area contributed by atoms with Crippen LogP contribution in [0.25, 0.3) is 11.4 Å². The standard InChI is InChI=1S/C22H24N6O2/c1-5-17-7-6-8-20(28-22(29)26(4)24-25-28)19(17)14-30-21-10-9-18(11-16(21)3)27-13-15(2)12-23-27/h6-13H,5,14H2,1-4H3. The maximum atomic E-state index is 12.4. The Hall–Kier alpha value is -3.68. The van der Waals surface area contributed by atoms with E-state index in [0.29, 0.717) is 12.3 Å². The van der Waals surface area contributed by atoms with Crippen molar-refractivity contribution < 1.29 is 4.74 Å². The predicted octanol–water partition coefficient (Wildman–Crippen LogP) is 2.91. The highest BCUT2D eigenvalue weighted by Crippen LogP contribution is 2.25. The van der Waals surface area contributed by atoms with Gasteiger partial charge < -0.3 is 4.74 Å². The average Bonchev–Trinajstić information content (AvgIpc) is 3.32. The van der Waals surface area contributed by atoms with E-state index in [-0.39, 0.29) is 5.69 Å². The lowest BCUT2D eigenvalue weighted by Gasteiger charge is -2.16. The molecule has 0 aliphatic heterocycles. The van der Waals surface area contributed by atoms with Crippen LogP contribution in [-0.2, 0) is 20.1 Å². The van der Waals surface area contributed by atoms with Crippen LogP contribution in [0.3, 0.4) is 0 Å². The summed E-state index contributed by atoms with van der Waals surface area (Å²) in [7, 11) is 1.58. The van der Waals surface area contributed by atoms with Gasteiger partial charge in [0.1, 0.15) is 12.4 Å². The van der Waals surface area contributed by atoms with Crippen LogP contribution in [0.1, 0.15) is 29.2 Å². The van der Waals surface area contributed by atoms with E-state index in [9.17, 15) is 4.79 Å². The largest absolute Gasteiger partial charge is 0.489 e. The third-order valence-electron chi connectivity index (χ3n) is 5.09. The highest BCUT2D eigenvalue weighted by Gasteiger charge is 2.15. The molecule has 2 heterocycles. The van der Waals surface area contributed by atoms with Crippen molar-refractivity contribution in [1.82, 2.24) is 29.6 Å². The van der Waals surface area contributed by atoms with Gasteiger partial charge in [-0.25, -0.2) is 9.48 Å². The summed E-state index contributed by atoms with van der Waals surface area (Å²) in [4.78, 5) is 12.4. The summed E-state index contributed by atoms with van der Waals surface area (Å²) < 4.78 is 10.5. The summed E-state index contributed by atoms with van der Waals surface area (Å²) in [6.07, 6.45) is 4.63. The van der Waals surface area contributed by atoms with Gasteiger partial charge in [-0.3, -0.25) is 0 Å². The van der Waals surface area contributed by atoms with Crippen LogP contribution in [0.4, 0.5) is 0 Å². The van der Waals surface area contributed by atoms with Crippen molar-refractivity contribution in [2.75, 3.05) is 0 Å². The predicted molar refractivity (Wildman–Crippen MR) is 113 cm³/mol. The summed E-state index contributed by atoms with van der Waals surface area (Å²) in [6, 6.07) is 11.8. The molecular formula is C22H24N6O2. The zero-order valence-electron chi connectivity index (χ0n) is 17.5. The Balaban J connectivity index is 1.64. The lowest BCUT2D eigenvalue weighted by molar-refractivity contribution is 0.302. The van der Waals surface area contributed by atoms with Crippen LogP contribution in [0.2, 0.25) is 0 Å². The molecule has 0 N–H and O–H groups in total. The highest BCUT2D eigenvalue weighted by atomic mass is 16.5. The van der Waals surface area contributed by atoms with Crippen molar-refractivity contribution in [2.45, 2.75) is 33.8 Å². The molecule has 8 heteroatoms. The quantitative estimate of drug-likeness (QED) is 0.494. The first-order chi connectivity index (χ1) is 14.5. The fraction of sp³-hybridized carbons (Fsp3) is 0.273. The number of tetrazole rings is 1. The first-order valence-corrected chi connectivity index (χ1v) is 9.83. The number of hydrogen-bond acceptors (Lipinski definition) is 5. The second kappa shape index (κ2) is 7.98. The SMILES string of the molecule is CCc1cccc(-n2nnn(C)c2=O)c1COc1ccc(-n2cc(C)cn2)cc1C. The zero-order valence-corrected chi connectivity index (χ0v) is 17.5. The van der Waals surface area contributed by atoms with Crippen molar-refractivity contribution in [3.8, 4) is 17.1 Å². The van der Waals surface area contributed by atoms with Crippen LogP contribution in [0.15, 0.2) is 53.6 Å². The van der Waals surface area contributed by atoms with Gasteiger partial charge in [0.05, 0.1) is 17.6 Å². The van der Waals surface area contributed by atoms with Crippen LogP contribution in [0.5, 0.6) is 5.75 Å². The minimum atomic E-state index is -0.292. The Kier molecular flexibility index (Phi) is 5.22. The average molecular weight is 404 g/mol.